The Labute approximate surface area is 65.7 Å². The number of aliphatic hydroxyl groups excluding tert-OH is 1. The SMILES string of the molecule is CC(O)c1cnc2n1CCC2. The molecule has 0 radical (unpaired) electrons. The quantitative estimate of drug-likeness (QED) is 0.648. The smallest absolute Gasteiger partial charge is 0.108 e. The third-order valence-corrected chi connectivity index (χ3v) is 2.18. The van der Waals surface area contributed by atoms with Gasteiger partial charge in [-0.1, -0.05) is 0 Å². The normalized spacial score (nSPS) is 18.4. The van der Waals surface area contributed by atoms with Crippen molar-refractivity contribution in [1.29, 1.82) is 0 Å². The number of rotatable bonds is 1. The van der Waals surface area contributed by atoms with Crippen LogP contribution in [-0.4, -0.2) is 14.7 Å². The molecule has 0 spiro atoms. The first kappa shape index (κ1) is 6.85. The number of aliphatic hydroxyl groups is 1. The Morgan fingerprint density at radius 3 is 3.27 bits per heavy atom. The summed E-state index contributed by atoms with van der Waals surface area (Å²) in [6, 6.07) is 0. The molecular formula is C8H12N2O. The highest BCUT2D eigenvalue weighted by Gasteiger charge is 2.17. The van der Waals surface area contributed by atoms with E-state index >= 15 is 0 Å². The highest BCUT2D eigenvalue weighted by molar-refractivity contribution is 5.10. The van der Waals surface area contributed by atoms with E-state index in [1.165, 1.54) is 6.42 Å². The summed E-state index contributed by atoms with van der Waals surface area (Å²) in [7, 11) is 0. The summed E-state index contributed by atoms with van der Waals surface area (Å²) in [6.07, 6.45) is 3.63. The van der Waals surface area contributed by atoms with Gasteiger partial charge in [0.25, 0.3) is 0 Å². The second-order valence-corrected chi connectivity index (χ2v) is 3.03. The largest absolute Gasteiger partial charge is 0.387 e. The van der Waals surface area contributed by atoms with Gasteiger partial charge in [0.05, 0.1) is 18.0 Å². The van der Waals surface area contributed by atoms with Crippen molar-refractivity contribution in [3.63, 3.8) is 0 Å². The molecule has 1 aromatic rings. The Morgan fingerprint density at radius 2 is 2.55 bits per heavy atom. The van der Waals surface area contributed by atoms with E-state index in [1.54, 1.807) is 13.1 Å². The minimum absolute atomic E-state index is 0.380. The van der Waals surface area contributed by atoms with Crippen molar-refractivity contribution < 1.29 is 5.11 Å². The van der Waals surface area contributed by atoms with Crippen LogP contribution in [0.2, 0.25) is 0 Å². The van der Waals surface area contributed by atoms with E-state index in [9.17, 15) is 5.11 Å². The molecule has 2 rings (SSSR count). The summed E-state index contributed by atoms with van der Waals surface area (Å²) in [5.41, 5.74) is 0.956. The van der Waals surface area contributed by atoms with Crippen molar-refractivity contribution in [1.82, 2.24) is 9.55 Å². The van der Waals surface area contributed by atoms with Crippen molar-refractivity contribution in [3.8, 4) is 0 Å². The van der Waals surface area contributed by atoms with Gasteiger partial charge in [-0.05, 0) is 13.3 Å². The fourth-order valence-electron chi connectivity index (χ4n) is 1.62. The topological polar surface area (TPSA) is 38.1 Å². The first-order valence-corrected chi connectivity index (χ1v) is 4.01. The van der Waals surface area contributed by atoms with Crippen molar-refractivity contribution in [2.45, 2.75) is 32.4 Å². The van der Waals surface area contributed by atoms with Gasteiger partial charge in [-0.15, -0.1) is 0 Å². The van der Waals surface area contributed by atoms with Gasteiger partial charge in [0, 0.05) is 13.0 Å². The lowest BCUT2D eigenvalue weighted by atomic mass is 10.3. The summed E-state index contributed by atoms with van der Waals surface area (Å²) < 4.78 is 2.12. The molecule has 3 nitrogen and oxygen atoms in total. The van der Waals surface area contributed by atoms with E-state index < -0.39 is 0 Å². The first-order valence-electron chi connectivity index (χ1n) is 4.01. The van der Waals surface area contributed by atoms with Crippen LogP contribution in [0.25, 0.3) is 0 Å². The number of nitrogens with zero attached hydrogens (tertiary/aromatic N) is 2. The van der Waals surface area contributed by atoms with Crippen LogP contribution >= 0.6 is 0 Å². The molecule has 0 saturated carbocycles. The molecule has 0 aromatic carbocycles. The molecular weight excluding hydrogens is 140 g/mol. The molecule has 2 heterocycles. The van der Waals surface area contributed by atoms with Gasteiger partial charge in [-0.3, -0.25) is 0 Å². The van der Waals surface area contributed by atoms with Crippen molar-refractivity contribution in [3.05, 3.63) is 17.7 Å². The zero-order valence-electron chi connectivity index (χ0n) is 6.62. The van der Waals surface area contributed by atoms with E-state index in [2.05, 4.69) is 9.55 Å². The molecule has 0 saturated heterocycles. The van der Waals surface area contributed by atoms with E-state index in [0.717, 1.165) is 24.5 Å². The Bertz CT molecular complexity index is 265. The Balaban J connectivity index is 2.42. The summed E-state index contributed by atoms with van der Waals surface area (Å²) in [6.45, 7) is 2.80. The number of aryl methyl sites for hydroxylation is 1. The van der Waals surface area contributed by atoms with Crippen LogP contribution in [0.5, 0.6) is 0 Å². The molecule has 11 heavy (non-hydrogen) atoms. The van der Waals surface area contributed by atoms with E-state index in [1.807, 2.05) is 0 Å². The molecule has 0 fully saturated rings. The van der Waals surface area contributed by atoms with Crippen LogP contribution in [-0.2, 0) is 13.0 Å². The minimum Gasteiger partial charge on any atom is -0.387 e. The standard InChI is InChI=1S/C8H12N2O/c1-6(11)7-5-9-8-3-2-4-10(7)8/h5-6,11H,2-4H2,1H3. The Kier molecular flexibility index (Phi) is 1.46. The van der Waals surface area contributed by atoms with Crippen LogP contribution in [0.4, 0.5) is 0 Å². The van der Waals surface area contributed by atoms with E-state index in [4.69, 9.17) is 0 Å². The van der Waals surface area contributed by atoms with E-state index in [-0.39, 0.29) is 6.10 Å². The Morgan fingerprint density at radius 1 is 1.73 bits per heavy atom. The maximum Gasteiger partial charge on any atom is 0.108 e. The van der Waals surface area contributed by atoms with Gasteiger partial charge < -0.3 is 9.67 Å². The average molecular weight is 152 g/mol. The lowest BCUT2D eigenvalue weighted by Gasteiger charge is -2.05. The molecule has 0 aliphatic carbocycles. The average Bonchev–Trinajstić information content (AvgIpc) is 2.41. The number of hydrogen-bond donors (Lipinski definition) is 1. The molecule has 1 aliphatic rings. The van der Waals surface area contributed by atoms with Gasteiger partial charge in [-0.25, -0.2) is 4.98 Å². The molecule has 60 valence electrons. The number of imidazole rings is 1. The summed E-state index contributed by atoms with van der Waals surface area (Å²) in [4.78, 5) is 4.22. The fraction of sp³-hybridized carbons (Fsp3) is 0.625. The van der Waals surface area contributed by atoms with Gasteiger partial charge in [0.2, 0.25) is 0 Å². The van der Waals surface area contributed by atoms with Crippen LogP contribution in [0.1, 0.15) is 31.0 Å². The molecule has 1 N–H and O–H groups in total. The van der Waals surface area contributed by atoms with Gasteiger partial charge in [0.15, 0.2) is 0 Å². The van der Waals surface area contributed by atoms with Gasteiger partial charge in [-0.2, -0.15) is 0 Å². The second-order valence-electron chi connectivity index (χ2n) is 3.03. The minimum atomic E-state index is -0.380. The summed E-state index contributed by atoms with van der Waals surface area (Å²) in [5.74, 6) is 1.13. The number of aromatic nitrogens is 2. The monoisotopic (exact) mass is 152 g/mol. The fourth-order valence-corrected chi connectivity index (χ4v) is 1.62. The maximum absolute atomic E-state index is 9.32. The lowest BCUT2D eigenvalue weighted by molar-refractivity contribution is 0.189. The number of fused-ring (bicyclic) bond motifs is 1. The predicted octanol–water partition coefficient (Wildman–Crippen LogP) is 0.883. The lowest BCUT2D eigenvalue weighted by Crippen LogP contribution is -2.02. The van der Waals surface area contributed by atoms with E-state index in [0.29, 0.717) is 0 Å². The molecule has 3 heteroatoms. The first-order chi connectivity index (χ1) is 5.29. The Hall–Kier alpha value is -0.830. The van der Waals surface area contributed by atoms with Crippen LogP contribution in [0.15, 0.2) is 6.20 Å². The second kappa shape index (κ2) is 2.34. The molecule has 0 amide bonds. The zero-order valence-corrected chi connectivity index (χ0v) is 6.62. The molecule has 1 unspecified atom stereocenters. The van der Waals surface area contributed by atoms with Crippen molar-refractivity contribution >= 4 is 0 Å². The van der Waals surface area contributed by atoms with Crippen LogP contribution in [0, 0.1) is 0 Å². The predicted molar refractivity (Wildman–Crippen MR) is 41.2 cm³/mol. The molecule has 1 aliphatic heterocycles. The highest BCUT2D eigenvalue weighted by atomic mass is 16.3. The molecule has 1 aromatic heterocycles. The number of hydrogen-bond acceptors (Lipinski definition) is 2. The van der Waals surface area contributed by atoms with Crippen LogP contribution < -0.4 is 0 Å². The van der Waals surface area contributed by atoms with Gasteiger partial charge in [0.1, 0.15) is 5.82 Å². The third kappa shape index (κ3) is 0.959. The summed E-state index contributed by atoms with van der Waals surface area (Å²) in [5, 5.41) is 9.32. The van der Waals surface area contributed by atoms with Crippen molar-refractivity contribution in [2.24, 2.45) is 0 Å². The van der Waals surface area contributed by atoms with Crippen LogP contribution in [0.3, 0.4) is 0 Å². The maximum atomic E-state index is 9.32. The highest BCUT2D eigenvalue weighted by Crippen LogP contribution is 2.20. The third-order valence-electron chi connectivity index (χ3n) is 2.18. The molecule has 0 bridgehead atoms. The summed E-state index contributed by atoms with van der Waals surface area (Å²) >= 11 is 0. The van der Waals surface area contributed by atoms with Crippen molar-refractivity contribution in [2.75, 3.05) is 0 Å². The van der Waals surface area contributed by atoms with Gasteiger partial charge >= 0.3 is 0 Å². The zero-order chi connectivity index (χ0) is 7.84. The molecule has 1 atom stereocenters.